The zero-order valence-electron chi connectivity index (χ0n) is 8.19. The molecule has 0 saturated heterocycles. The Bertz CT molecular complexity index is 388. The quantitative estimate of drug-likeness (QED) is 0.796. The SMILES string of the molecule is NCCC1(c2c(F)ccc(Cl)c2F)CC1. The first kappa shape index (κ1) is 10.8. The molecule has 0 atom stereocenters. The van der Waals surface area contributed by atoms with Crippen LogP contribution in [0.15, 0.2) is 12.1 Å². The van der Waals surface area contributed by atoms with E-state index in [9.17, 15) is 8.78 Å². The first-order chi connectivity index (χ1) is 7.10. The Balaban J connectivity index is 2.47. The highest BCUT2D eigenvalue weighted by atomic mass is 35.5. The van der Waals surface area contributed by atoms with E-state index in [1.54, 1.807) is 0 Å². The van der Waals surface area contributed by atoms with Gasteiger partial charge in [0, 0.05) is 11.0 Å². The molecule has 0 bridgehead atoms. The summed E-state index contributed by atoms with van der Waals surface area (Å²) in [6, 6.07) is 2.46. The van der Waals surface area contributed by atoms with Crippen LogP contribution in [0.2, 0.25) is 5.02 Å². The van der Waals surface area contributed by atoms with Crippen molar-refractivity contribution in [2.45, 2.75) is 24.7 Å². The largest absolute Gasteiger partial charge is 0.330 e. The third kappa shape index (κ3) is 1.74. The molecule has 0 aliphatic heterocycles. The summed E-state index contributed by atoms with van der Waals surface area (Å²) in [5.74, 6) is -1.13. The van der Waals surface area contributed by atoms with Crippen LogP contribution in [0.4, 0.5) is 8.78 Å². The monoisotopic (exact) mass is 231 g/mol. The normalized spacial score (nSPS) is 17.9. The fourth-order valence-electron chi connectivity index (χ4n) is 2.07. The van der Waals surface area contributed by atoms with Gasteiger partial charge in [-0.05, 0) is 37.9 Å². The van der Waals surface area contributed by atoms with Gasteiger partial charge in [0.2, 0.25) is 0 Å². The molecule has 0 unspecified atom stereocenters. The van der Waals surface area contributed by atoms with Crippen molar-refractivity contribution in [2.24, 2.45) is 5.73 Å². The van der Waals surface area contributed by atoms with Crippen LogP contribution in [-0.2, 0) is 5.41 Å². The lowest BCUT2D eigenvalue weighted by Gasteiger charge is -2.16. The van der Waals surface area contributed by atoms with Crippen LogP contribution in [0.25, 0.3) is 0 Å². The zero-order valence-corrected chi connectivity index (χ0v) is 8.95. The van der Waals surface area contributed by atoms with Gasteiger partial charge < -0.3 is 5.73 Å². The van der Waals surface area contributed by atoms with Gasteiger partial charge in [-0.3, -0.25) is 0 Å². The maximum absolute atomic E-state index is 13.7. The van der Waals surface area contributed by atoms with Crippen LogP contribution in [0, 0.1) is 11.6 Å². The molecule has 1 saturated carbocycles. The molecule has 82 valence electrons. The van der Waals surface area contributed by atoms with Crippen molar-refractivity contribution < 1.29 is 8.78 Å². The van der Waals surface area contributed by atoms with Gasteiger partial charge in [-0.15, -0.1) is 0 Å². The van der Waals surface area contributed by atoms with E-state index < -0.39 is 17.0 Å². The maximum Gasteiger partial charge on any atom is 0.148 e. The van der Waals surface area contributed by atoms with Crippen LogP contribution in [0.3, 0.4) is 0 Å². The van der Waals surface area contributed by atoms with Gasteiger partial charge >= 0.3 is 0 Å². The van der Waals surface area contributed by atoms with E-state index >= 15 is 0 Å². The summed E-state index contributed by atoms with van der Waals surface area (Å²) in [6.45, 7) is 0.436. The van der Waals surface area contributed by atoms with E-state index in [0.29, 0.717) is 13.0 Å². The van der Waals surface area contributed by atoms with E-state index in [4.69, 9.17) is 17.3 Å². The Hall–Kier alpha value is -0.670. The van der Waals surface area contributed by atoms with E-state index in [1.165, 1.54) is 12.1 Å². The highest BCUT2D eigenvalue weighted by molar-refractivity contribution is 6.30. The maximum atomic E-state index is 13.7. The van der Waals surface area contributed by atoms with Crippen molar-refractivity contribution in [1.82, 2.24) is 0 Å². The topological polar surface area (TPSA) is 26.0 Å². The molecule has 1 aliphatic rings. The molecule has 4 heteroatoms. The average molecular weight is 232 g/mol. The van der Waals surface area contributed by atoms with Crippen molar-refractivity contribution >= 4 is 11.6 Å². The van der Waals surface area contributed by atoms with Crippen LogP contribution >= 0.6 is 11.6 Å². The third-order valence-electron chi connectivity index (χ3n) is 3.05. The highest BCUT2D eigenvalue weighted by Gasteiger charge is 2.47. The van der Waals surface area contributed by atoms with Gasteiger partial charge in [0.25, 0.3) is 0 Å². The Labute approximate surface area is 92.2 Å². The van der Waals surface area contributed by atoms with Crippen molar-refractivity contribution in [3.05, 3.63) is 34.4 Å². The summed E-state index contributed by atoms with van der Waals surface area (Å²) in [4.78, 5) is 0. The molecule has 0 radical (unpaired) electrons. The van der Waals surface area contributed by atoms with Gasteiger partial charge in [0.05, 0.1) is 5.02 Å². The molecule has 1 aromatic rings. The number of nitrogens with two attached hydrogens (primary N) is 1. The minimum absolute atomic E-state index is 0.0188. The molecular formula is C11H12ClF2N. The molecule has 0 amide bonds. The smallest absolute Gasteiger partial charge is 0.148 e. The van der Waals surface area contributed by atoms with Crippen LogP contribution in [0.1, 0.15) is 24.8 Å². The molecule has 0 aromatic heterocycles. The number of halogens is 3. The molecule has 0 heterocycles. The number of rotatable bonds is 3. The molecule has 0 spiro atoms. The first-order valence-electron chi connectivity index (χ1n) is 4.95. The van der Waals surface area contributed by atoms with Crippen molar-refractivity contribution in [1.29, 1.82) is 0 Å². The summed E-state index contributed by atoms with van der Waals surface area (Å²) in [5.41, 5.74) is 5.18. The summed E-state index contributed by atoms with van der Waals surface area (Å²) >= 11 is 5.65. The second kappa shape index (κ2) is 3.72. The predicted octanol–water partition coefficient (Wildman–Crippen LogP) is 3.00. The minimum Gasteiger partial charge on any atom is -0.330 e. The number of hydrogen-bond donors (Lipinski definition) is 1. The van der Waals surface area contributed by atoms with Gasteiger partial charge in [-0.2, -0.15) is 0 Å². The molecule has 1 fully saturated rings. The fourth-order valence-corrected chi connectivity index (χ4v) is 2.22. The second-order valence-corrected chi connectivity index (χ2v) is 4.44. The van der Waals surface area contributed by atoms with Crippen molar-refractivity contribution in [3.8, 4) is 0 Å². The summed E-state index contributed by atoms with van der Waals surface area (Å²) in [5, 5.41) is -0.0188. The first-order valence-corrected chi connectivity index (χ1v) is 5.32. The third-order valence-corrected chi connectivity index (χ3v) is 3.34. The van der Waals surface area contributed by atoms with Crippen LogP contribution < -0.4 is 5.73 Å². The van der Waals surface area contributed by atoms with Gasteiger partial charge in [-0.25, -0.2) is 8.78 Å². The highest BCUT2D eigenvalue weighted by Crippen LogP contribution is 2.52. The Morgan fingerprint density at radius 3 is 2.53 bits per heavy atom. The van der Waals surface area contributed by atoms with Gasteiger partial charge in [0.1, 0.15) is 11.6 Å². The zero-order chi connectivity index (χ0) is 11.1. The van der Waals surface area contributed by atoms with E-state index in [0.717, 1.165) is 12.8 Å². The fraction of sp³-hybridized carbons (Fsp3) is 0.455. The summed E-state index contributed by atoms with van der Waals surface area (Å²) < 4.78 is 27.3. The lowest BCUT2D eigenvalue weighted by Crippen LogP contribution is -2.17. The number of hydrogen-bond acceptors (Lipinski definition) is 1. The van der Waals surface area contributed by atoms with E-state index in [-0.39, 0.29) is 10.6 Å². The molecule has 1 nitrogen and oxygen atoms in total. The Morgan fingerprint density at radius 1 is 1.33 bits per heavy atom. The molecule has 2 rings (SSSR count). The van der Waals surface area contributed by atoms with Crippen LogP contribution in [-0.4, -0.2) is 6.54 Å². The van der Waals surface area contributed by atoms with Crippen molar-refractivity contribution in [3.63, 3.8) is 0 Å². The van der Waals surface area contributed by atoms with Gasteiger partial charge in [0.15, 0.2) is 0 Å². The van der Waals surface area contributed by atoms with Gasteiger partial charge in [-0.1, -0.05) is 11.6 Å². The number of benzene rings is 1. The standard InChI is InChI=1S/C11H12ClF2N/c12-7-1-2-8(13)9(10(7)14)11(3-4-11)5-6-15/h1-2H,3-6,15H2. The lowest BCUT2D eigenvalue weighted by atomic mass is 9.91. The summed E-state index contributed by atoms with van der Waals surface area (Å²) in [6.07, 6.45) is 2.19. The van der Waals surface area contributed by atoms with Crippen LogP contribution in [0.5, 0.6) is 0 Å². The molecule has 15 heavy (non-hydrogen) atoms. The van der Waals surface area contributed by atoms with Crippen molar-refractivity contribution in [2.75, 3.05) is 6.54 Å². The molecule has 1 aromatic carbocycles. The average Bonchev–Trinajstić information content (AvgIpc) is 2.94. The molecule has 1 aliphatic carbocycles. The Kier molecular flexibility index (Phi) is 2.69. The van der Waals surface area contributed by atoms with E-state index in [1.807, 2.05) is 0 Å². The minimum atomic E-state index is -0.623. The second-order valence-electron chi connectivity index (χ2n) is 4.04. The van der Waals surface area contributed by atoms with E-state index in [2.05, 4.69) is 0 Å². The molecular weight excluding hydrogens is 220 g/mol. The summed E-state index contributed by atoms with van der Waals surface area (Å²) in [7, 11) is 0. The Morgan fingerprint density at radius 2 is 2.00 bits per heavy atom. The molecule has 2 N–H and O–H groups in total. The lowest BCUT2D eigenvalue weighted by molar-refractivity contribution is 0.500. The predicted molar refractivity (Wildman–Crippen MR) is 56.0 cm³/mol.